The number of fused-ring (bicyclic) bond motifs is 1. The Kier molecular flexibility index (Phi) is 2.82. The minimum atomic E-state index is 0.103. The lowest BCUT2D eigenvalue weighted by Crippen LogP contribution is -2.12. The summed E-state index contributed by atoms with van der Waals surface area (Å²) in [5.41, 5.74) is 4.25. The number of aryl methyl sites for hydroxylation is 1. The summed E-state index contributed by atoms with van der Waals surface area (Å²) in [5, 5.41) is 6.77. The Morgan fingerprint density at radius 1 is 1.38 bits per heavy atom. The normalized spacial score (nSPS) is 14.5. The van der Waals surface area contributed by atoms with Crippen molar-refractivity contribution in [3.05, 3.63) is 35.3 Å². The predicted molar refractivity (Wildman–Crippen MR) is 85.5 cm³/mol. The van der Waals surface area contributed by atoms with Gasteiger partial charge in [-0.3, -0.25) is 4.79 Å². The third-order valence-corrected chi connectivity index (χ3v) is 4.59. The number of aromatic nitrogens is 2. The second kappa shape index (κ2) is 4.70. The van der Waals surface area contributed by atoms with Crippen LogP contribution in [0.15, 0.2) is 29.6 Å². The summed E-state index contributed by atoms with van der Waals surface area (Å²) in [5.74, 6) is 0.304. The second-order valence-electron chi connectivity index (χ2n) is 5.47. The molecule has 0 unspecified atom stereocenters. The van der Waals surface area contributed by atoms with Gasteiger partial charge in [-0.05, 0) is 25.8 Å². The van der Waals surface area contributed by atoms with Gasteiger partial charge in [0.2, 0.25) is 5.91 Å². The average Bonchev–Trinajstić information content (AvgIpc) is 3.15. The maximum absolute atomic E-state index is 11.8. The molecule has 1 amide bonds. The smallest absolute Gasteiger partial charge is 0.229 e. The molecule has 5 heteroatoms. The molecular formula is C16H15N3OS. The van der Waals surface area contributed by atoms with Crippen molar-refractivity contribution in [3.63, 3.8) is 0 Å². The van der Waals surface area contributed by atoms with Gasteiger partial charge in [0, 0.05) is 33.5 Å². The second-order valence-corrected chi connectivity index (χ2v) is 6.33. The topological polar surface area (TPSA) is 57.8 Å². The zero-order valence-electron chi connectivity index (χ0n) is 11.6. The van der Waals surface area contributed by atoms with Crippen LogP contribution in [0.1, 0.15) is 18.5 Å². The van der Waals surface area contributed by atoms with E-state index in [0.29, 0.717) is 5.13 Å². The van der Waals surface area contributed by atoms with Gasteiger partial charge >= 0.3 is 0 Å². The fourth-order valence-corrected chi connectivity index (χ4v) is 3.31. The van der Waals surface area contributed by atoms with E-state index in [2.05, 4.69) is 34.3 Å². The minimum Gasteiger partial charge on any atom is -0.358 e. The van der Waals surface area contributed by atoms with Crippen molar-refractivity contribution in [2.75, 3.05) is 5.32 Å². The summed E-state index contributed by atoms with van der Waals surface area (Å²) in [6.45, 7) is 2.05. The van der Waals surface area contributed by atoms with E-state index in [1.807, 2.05) is 17.5 Å². The van der Waals surface area contributed by atoms with Crippen molar-refractivity contribution in [1.29, 1.82) is 0 Å². The molecule has 1 aliphatic rings. The van der Waals surface area contributed by atoms with E-state index in [-0.39, 0.29) is 11.8 Å². The summed E-state index contributed by atoms with van der Waals surface area (Å²) >= 11 is 1.48. The van der Waals surface area contributed by atoms with Gasteiger partial charge < -0.3 is 10.3 Å². The van der Waals surface area contributed by atoms with Crippen LogP contribution in [0.5, 0.6) is 0 Å². The van der Waals surface area contributed by atoms with Crippen LogP contribution in [0.4, 0.5) is 5.13 Å². The molecule has 2 aromatic heterocycles. The van der Waals surface area contributed by atoms with Gasteiger partial charge in [0.25, 0.3) is 0 Å². The van der Waals surface area contributed by atoms with Crippen LogP contribution in [0, 0.1) is 12.8 Å². The van der Waals surface area contributed by atoms with E-state index in [0.717, 1.165) is 35.3 Å². The molecule has 4 nitrogen and oxygen atoms in total. The quantitative estimate of drug-likeness (QED) is 0.769. The number of rotatable bonds is 3. The Hall–Kier alpha value is -2.14. The summed E-state index contributed by atoms with van der Waals surface area (Å²) in [6, 6.07) is 8.20. The van der Waals surface area contributed by atoms with Crippen molar-refractivity contribution in [1.82, 2.24) is 9.97 Å². The average molecular weight is 297 g/mol. The summed E-state index contributed by atoms with van der Waals surface area (Å²) in [7, 11) is 0. The molecule has 0 spiro atoms. The zero-order valence-corrected chi connectivity index (χ0v) is 12.5. The molecule has 4 rings (SSSR count). The Morgan fingerprint density at radius 3 is 3.00 bits per heavy atom. The Balaban J connectivity index is 1.70. The first-order valence-electron chi connectivity index (χ1n) is 7.06. The van der Waals surface area contributed by atoms with Crippen LogP contribution < -0.4 is 5.32 Å². The molecule has 21 heavy (non-hydrogen) atoms. The number of nitrogens with one attached hydrogen (secondary N) is 2. The summed E-state index contributed by atoms with van der Waals surface area (Å²) in [6.07, 6.45) is 2.01. The van der Waals surface area contributed by atoms with Crippen molar-refractivity contribution in [2.45, 2.75) is 19.8 Å². The lowest BCUT2D eigenvalue weighted by molar-refractivity contribution is -0.117. The molecule has 1 aliphatic carbocycles. The van der Waals surface area contributed by atoms with Gasteiger partial charge in [-0.2, -0.15) is 0 Å². The van der Waals surface area contributed by atoms with E-state index < -0.39 is 0 Å². The van der Waals surface area contributed by atoms with Crippen LogP contribution >= 0.6 is 11.3 Å². The predicted octanol–water partition coefficient (Wildman–Crippen LogP) is 3.95. The van der Waals surface area contributed by atoms with Gasteiger partial charge in [0.1, 0.15) is 0 Å². The van der Waals surface area contributed by atoms with E-state index in [4.69, 9.17) is 0 Å². The molecule has 3 aromatic rings. The van der Waals surface area contributed by atoms with Crippen LogP contribution in [-0.2, 0) is 4.79 Å². The largest absolute Gasteiger partial charge is 0.358 e. The molecule has 0 aliphatic heterocycles. The summed E-state index contributed by atoms with van der Waals surface area (Å²) < 4.78 is 0. The molecule has 2 heterocycles. The van der Waals surface area contributed by atoms with Crippen LogP contribution in [0.25, 0.3) is 22.2 Å². The number of carbonyl (C=O) groups excluding carboxylic acids is 1. The highest BCUT2D eigenvalue weighted by Crippen LogP contribution is 2.35. The van der Waals surface area contributed by atoms with Gasteiger partial charge in [0.15, 0.2) is 5.13 Å². The SMILES string of the molecule is Cc1[nH]c2ccccc2c1-c1csc(NC(=O)C2CC2)n1. The first-order chi connectivity index (χ1) is 10.2. The molecule has 2 N–H and O–H groups in total. The molecule has 1 aromatic carbocycles. The fourth-order valence-electron chi connectivity index (χ4n) is 2.61. The number of aromatic amines is 1. The molecule has 1 saturated carbocycles. The Morgan fingerprint density at radius 2 is 2.19 bits per heavy atom. The van der Waals surface area contributed by atoms with Gasteiger partial charge in [0.05, 0.1) is 5.69 Å². The Labute approximate surface area is 126 Å². The number of thiazole rings is 1. The number of nitrogens with zero attached hydrogens (tertiary/aromatic N) is 1. The molecule has 0 radical (unpaired) electrons. The van der Waals surface area contributed by atoms with E-state index in [1.54, 1.807) is 0 Å². The Bertz CT molecular complexity index is 829. The molecule has 0 bridgehead atoms. The number of amides is 1. The number of H-pyrrole nitrogens is 1. The lowest BCUT2D eigenvalue weighted by Gasteiger charge is -1.99. The van der Waals surface area contributed by atoms with E-state index >= 15 is 0 Å². The van der Waals surface area contributed by atoms with Gasteiger partial charge in [-0.25, -0.2) is 4.98 Å². The maximum atomic E-state index is 11.8. The standard InChI is InChI=1S/C16H15N3OS/c1-9-14(11-4-2-3-5-12(11)17-9)13-8-21-16(18-13)19-15(20)10-6-7-10/h2-5,8,10,17H,6-7H2,1H3,(H,18,19,20). The number of anilines is 1. The number of benzene rings is 1. The van der Waals surface area contributed by atoms with Gasteiger partial charge in [-0.1, -0.05) is 18.2 Å². The zero-order chi connectivity index (χ0) is 14.4. The fraction of sp³-hybridized carbons (Fsp3) is 0.250. The number of hydrogen-bond acceptors (Lipinski definition) is 3. The van der Waals surface area contributed by atoms with Crippen LogP contribution in [-0.4, -0.2) is 15.9 Å². The molecule has 0 saturated heterocycles. The number of para-hydroxylation sites is 1. The molecule has 106 valence electrons. The summed E-state index contributed by atoms with van der Waals surface area (Å²) in [4.78, 5) is 19.8. The van der Waals surface area contributed by atoms with Crippen molar-refractivity contribution in [3.8, 4) is 11.3 Å². The van der Waals surface area contributed by atoms with Crippen LogP contribution in [0.3, 0.4) is 0 Å². The van der Waals surface area contributed by atoms with E-state index in [1.165, 1.54) is 16.7 Å². The molecular weight excluding hydrogens is 282 g/mol. The number of carbonyl (C=O) groups is 1. The highest BCUT2D eigenvalue weighted by molar-refractivity contribution is 7.14. The van der Waals surface area contributed by atoms with Crippen LogP contribution in [0.2, 0.25) is 0 Å². The van der Waals surface area contributed by atoms with Crippen molar-refractivity contribution < 1.29 is 4.79 Å². The molecule has 1 fully saturated rings. The maximum Gasteiger partial charge on any atom is 0.229 e. The molecule has 0 atom stereocenters. The van der Waals surface area contributed by atoms with Crippen molar-refractivity contribution >= 4 is 33.3 Å². The first kappa shape index (κ1) is 12.6. The first-order valence-corrected chi connectivity index (χ1v) is 7.94. The van der Waals surface area contributed by atoms with Gasteiger partial charge in [-0.15, -0.1) is 11.3 Å². The third kappa shape index (κ3) is 2.23. The third-order valence-electron chi connectivity index (χ3n) is 3.83. The number of hydrogen-bond donors (Lipinski definition) is 2. The van der Waals surface area contributed by atoms with Crippen molar-refractivity contribution in [2.24, 2.45) is 5.92 Å². The highest BCUT2D eigenvalue weighted by Gasteiger charge is 2.30. The lowest BCUT2D eigenvalue weighted by atomic mass is 10.1. The highest BCUT2D eigenvalue weighted by atomic mass is 32.1. The van der Waals surface area contributed by atoms with E-state index in [9.17, 15) is 4.79 Å². The monoisotopic (exact) mass is 297 g/mol. The minimum absolute atomic E-state index is 0.103.